The molecule has 116 valence electrons. The Hall–Kier alpha value is -2.63. The van der Waals surface area contributed by atoms with E-state index < -0.39 is 6.61 Å². The monoisotopic (exact) mass is 305 g/mol. The molecule has 0 aromatic heterocycles. The molecule has 3 N–H and O–H groups in total. The summed E-state index contributed by atoms with van der Waals surface area (Å²) in [6.45, 7) is -0.753. The van der Waals surface area contributed by atoms with Gasteiger partial charge in [-0.05, 0) is 30.7 Å². The summed E-state index contributed by atoms with van der Waals surface area (Å²) in [5, 5.41) is 2.95. The van der Waals surface area contributed by atoms with Crippen molar-refractivity contribution in [1.29, 1.82) is 0 Å². The molecule has 4 nitrogen and oxygen atoms in total. The number of aliphatic imine (C=N–C) groups is 1. The Morgan fingerprint density at radius 1 is 1.23 bits per heavy atom. The van der Waals surface area contributed by atoms with E-state index in [1.54, 1.807) is 18.2 Å². The van der Waals surface area contributed by atoms with Crippen molar-refractivity contribution in [3.8, 4) is 5.75 Å². The number of hydrogen-bond acceptors (Lipinski definition) is 2. The van der Waals surface area contributed by atoms with Crippen LogP contribution in [-0.4, -0.2) is 12.6 Å². The lowest BCUT2D eigenvalue weighted by Crippen LogP contribution is -2.22. The summed E-state index contributed by atoms with van der Waals surface area (Å²) in [7, 11) is 0. The summed E-state index contributed by atoms with van der Waals surface area (Å²) in [6, 6.07) is 14.2. The van der Waals surface area contributed by atoms with E-state index in [0.717, 1.165) is 11.3 Å². The van der Waals surface area contributed by atoms with Gasteiger partial charge in [-0.25, -0.2) is 4.99 Å². The lowest BCUT2D eigenvalue weighted by atomic mass is 10.2. The van der Waals surface area contributed by atoms with E-state index in [4.69, 9.17) is 5.73 Å². The molecular formula is C16H17F2N3O. The van der Waals surface area contributed by atoms with E-state index in [9.17, 15) is 8.78 Å². The zero-order valence-corrected chi connectivity index (χ0v) is 12.1. The van der Waals surface area contributed by atoms with E-state index in [1.165, 1.54) is 6.07 Å². The summed E-state index contributed by atoms with van der Waals surface area (Å²) in [6.07, 6.45) is 0. The second-order valence-corrected chi connectivity index (χ2v) is 4.68. The fraction of sp³-hybridized carbons (Fsp3) is 0.188. The quantitative estimate of drug-likeness (QED) is 0.656. The maximum Gasteiger partial charge on any atom is 0.387 e. The van der Waals surface area contributed by atoms with Crippen molar-refractivity contribution in [2.24, 2.45) is 10.7 Å². The number of guanidine groups is 1. The molecule has 0 spiro atoms. The fourth-order valence-corrected chi connectivity index (χ4v) is 1.93. The van der Waals surface area contributed by atoms with Crippen LogP contribution in [0.3, 0.4) is 0 Å². The van der Waals surface area contributed by atoms with Crippen molar-refractivity contribution in [2.45, 2.75) is 20.1 Å². The van der Waals surface area contributed by atoms with Gasteiger partial charge in [0.15, 0.2) is 5.96 Å². The first kappa shape index (κ1) is 15.8. The molecule has 0 atom stereocenters. The van der Waals surface area contributed by atoms with Crippen molar-refractivity contribution >= 4 is 11.6 Å². The van der Waals surface area contributed by atoms with E-state index in [-0.39, 0.29) is 18.3 Å². The number of halogens is 2. The first-order valence-electron chi connectivity index (χ1n) is 6.71. The molecule has 0 unspecified atom stereocenters. The van der Waals surface area contributed by atoms with Crippen molar-refractivity contribution in [3.05, 3.63) is 59.7 Å². The molecule has 0 aliphatic heterocycles. The molecule has 6 heteroatoms. The minimum Gasteiger partial charge on any atom is -0.434 e. The molecule has 0 saturated heterocycles. The number of anilines is 1. The highest BCUT2D eigenvalue weighted by Gasteiger charge is 2.08. The number of alkyl halides is 2. The summed E-state index contributed by atoms with van der Waals surface area (Å²) in [5.74, 6) is 0.307. The lowest BCUT2D eigenvalue weighted by molar-refractivity contribution is -0.0504. The third-order valence-electron chi connectivity index (χ3n) is 2.90. The largest absolute Gasteiger partial charge is 0.434 e. The average Bonchev–Trinajstić information content (AvgIpc) is 2.46. The van der Waals surface area contributed by atoms with Crippen LogP contribution in [0.1, 0.15) is 11.1 Å². The number of nitrogens with zero attached hydrogens (tertiary/aromatic N) is 1. The second kappa shape index (κ2) is 7.40. The van der Waals surface area contributed by atoms with Crippen LogP contribution in [0.5, 0.6) is 5.75 Å². The van der Waals surface area contributed by atoms with E-state index in [1.807, 2.05) is 31.2 Å². The van der Waals surface area contributed by atoms with Gasteiger partial charge in [-0.15, -0.1) is 0 Å². The lowest BCUT2D eigenvalue weighted by Gasteiger charge is -2.10. The summed E-state index contributed by atoms with van der Waals surface area (Å²) in [5.41, 5.74) is 8.25. The topological polar surface area (TPSA) is 59.6 Å². The van der Waals surface area contributed by atoms with Crippen LogP contribution >= 0.6 is 0 Å². The maximum atomic E-state index is 12.3. The maximum absolute atomic E-state index is 12.3. The number of nitrogens with one attached hydrogen (secondary N) is 1. The first-order valence-corrected chi connectivity index (χ1v) is 6.71. The predicted molar refractivity (Wildman–Crippen MR) is 83.2 cm³/mol. The smallest absolute Gasteiger partial charge is 0.387 e. The Labute approximate surface area is 127 Å². The van der Waals surface area contributed by atoms with Crippen LogP contribution in [0.25, 0.3) is 0 Å². The highest BCUT2D eigenvalue weighted by Crippen LogP contribution is 2.21. The zero-order valence-electron chi connectivity index (χ0n) is 12.1. The molecule has 2 aromatic carbocycles. The summed E-state index contributed by atoms with van der Waals surface area (Å²) in [4.78, 5) is 4.15. The normalized spacial score (nSPS) is 11.5. The fourth-order valence-electron chi connectivity index (χ4n) is 1.93. The third-order valence-corrected chi connectivity index (χ3v) is 2.90. The van der Waals surface area contributed by atoms with Gasteiger partial charge < -0.3 is 15.8 Å². The van der Waals surface area contributed by atoms with Crippen molar-refractivity contribution in [1.82, 2.24) is 0 Å². The van der Waals surface area contributed by atoms with Gasteiger partial charge in [0.05, 0.1) is 6.54 Å². The number of para-hydroxylation sites is 1. The van der Waals surface area contributed by atoms with E-state index in [0.29, 0.717) is 5.56 Å². The average molecular weight is 305 g/mol. The van der Waals surface area contributed by atoms with Gasteiger partial charge in [-0.1, -0.05) is 30.3 Å². The second-order valence-electron chi connectivity index (χ2n) is 4.68. The van der Waals surface area contributed by atoms with Gasteiger partial charge in [0.25, 0.3) is 0 Å². The number of aryl methyl sites for hydroxylation is 1. The van der Waals surface area contributed by atoms with Crippen LogP contribution < -0.4 is 15.8 Å². The Morgan fingerprint density at radius 3 is 2.73 bits per heavy atom. The highest BCUT2D eigenvalue weighted by atomic mass is 19.3. The first-order chi connectivity index (χ1) is 10.5. The standard InChI is InChI=1S/C16H17F2N3O/c1-11-5-4-7-13(9-11)21-16(19)20-10-12-6-2-3-8-14(12)22-15(17)18/h2-9,15H,10H2,1H3,(H3,19,20,21). The van der Waals surface area contributed by atoms with Gasteiger partial charge in [0, 0.05) is 11.3 Å². The number of benzene rings is 2. The molecule has 0 saturated carbocycles. The van der Waals surface area contributed by atoms with Crippen molar-refractivity contribution in [2.75, 3.05) is 5.32 Å². The number of ether oxygens (including phenoxy) is 1. The predicted octanol–water partition coefficient (Wildman–Crippen LogP) is 3.52. The van der Waals surface area contributed by atoms with Crippen molar-refractivity contribution in [3.63, 3.8) is 0 Å². The SMILES string of the molecule is Cc1cccc(NC(N)=NCc2ccccc2OC(F)F)c1. The van der Waals surface area contributed by atoms with Crippen LogP contribution in [0.2, 0.25) is 0 Å². The molecule has 0 aliphatic carbocycles. The van der Waals surface area contributed by atoms with E-state index >= 15 is 0 Å². The molecule has 2 aromatic rings. The van der Waals surface area contributed by atoms with E-state index in [2.05, 4.69) is 15.0 Å². The Morgan fingerprint density at radius 2 is 2.00 bits per heavy atom. The number of nitrogens with two attached hydrogens (primary N) is 1. The Balaban J connectivity index is 2.04. The number of hydrogen-bond donors (Lipinski definition) is 2. The minimum absolute atomic E-state index is 0.101. The van der Waals surface area contributed by atoms with Gasteiger partial charge in [-0.2, -0.15) is 8.78 Å². The highest BCUT2D eigenvalue weighted by molar-refractivity contribution is 5.92. The summed E-state index contributed by atoms with van der Waals surface area (Å²) < 4.78 is 29.1. The molecule has 0 aliphatic rings. The molecule has 2 rings (SSSR count). The molecule has 0 bridgehead atoms. The van der Waals surface area contributed by atoms with Crippen LogP contribution in [0.4, 0.5) is 14.5 Å². The van der Waals surface area contributed by atoms with Gasteiger partial charge in [-0.3, -0.25) is 0 Å². The van der Waals surface area contributed by atoms with Gasteiger partial charge >= 0.3 is 6.61 Å². The number of rotatable bonds is 5. The van der Waals surface area contributed by atoms with Gasteiger partial charge in [0.1, 0.15) is 5.75 Å². The molecule has 0 fully saturated rings. The molecule has 0 radical (unpaired) electrons. The van der Waals surface area contributed by atoms with Crippen LogP contribution in [0.15, 0.2) is 53.5 Å². The Bertz CT molecular complexity index is 659. The molecular weight excluding hydrogens is 288 g/mol. The minimum atomic E-state index is -2.87. The Kier molecular flexibility index (Phi) is 5.30. The van der Waals surface area contributed by atoms with Crippen LogP contribution in [0, 0.1) is 6.92 Å². The van der Waals surface area contributed by atoms with Crippen molar-refractivity contribution < 1.29 is 13.5 Å². The molecule has 22 heavy (non-hydrogen) atoms. The van der Waals surface area contributed by atoms with Crippen LogP contribution in [-0.2, 0) is 6.54 Å². The summed E-state index contributed by atoms with van der Waals surface area (Å²) >= 11 is 0. The molecule has 0 heterocycles. The zero-order chi connectivity index (χ0) is 15.9. The third kappa shape index (κ3) is 4.73. The molecule has 0 amide bonds. The van der Waals surface area contributed by atoms with Gasteiger partial charge in [0.2, 0.25) is 0 Å².